The Morgan fingerprint density at radius 1 is 0.418 bits per heavy atom. The van der Waals surface area contributed by atoms with Crippen molar-refractivity contribution in [1.29, 1.82) is 0 Å². The maximum absolute atomic E-state index is 6.86. The fraction of sp³-hybridized carbons (Fsp3) is 0.0392. The molecule has 11 rings (SSSR count). The molecule has 10 aromatic rings. The molecule has 0 aliphatic carbocycles. The van der Waals surface area contributed by atoms with Crippen LogP contribution >= 0.6 is 0 Å². The standard InChI is InChI=1S/C51H35N3O/c1-3-14-32(15-4-1)33-26-28-35(29-27-33)50-52-49(34-16-5-2-6-17-34)53-51(54-50)37-19-13-18-36(30-37)43-31-44-40-22-8-7-20-38(40)39-21-9-10-23-41(39)46(44)48-47(43)42-24-11-12-25-45(42)55-48/h1-31,50-51,54H,(H,52,53)/p+1. The molecule has 0 spiro atoms. The molecule has 0 amide bonds. The van der Waals surface area contributed by atoms with Gasteiger partial charge in [0.05, 0.1) is 5.56 Å². The highest BCUT2D eigenvalue weighted by atomic mass is 16.3. The van der Waals surface area contributed by atoms with E-state index >= 15 is 0 Å². The van der Waals surface area contributed by atoms with Crippen molar-refractivity contribution in [3.05, 3.63) is 205 Å². The molecule has 0 radical (unpaired) electrons. The first-order valence-electron chi connectivity index (χ1n) is 18.9. The van der Waals surface area contributed by atoms with Crippen LogP contribution in [-0.4, -0.2) is 5.84 Å². The molecule has 3 N–H and O–H groups in total. The molecule has 0 saturated carbocycles. The van der Waals surface area contributed by atoms with Crippen LogP contribution in [0.3, 0.4) is 0 Å². The minimum absolute atomic E-state index is 0.125. The summed E-state index contributed by atoms with van der Waals surface area (Å²) in [6.45, 7) is 0. The molecule has 0 saturated heterocycles. The Morgan fingerprint density at radius 3 is 1.75 bits per heavy atom. The van der Waals surface area contributed by atoms with Crippen molar-refractivity contribution in [3.8, 4) is 22.3 Å². The molecule has 2 heterocycles. The molecule has 0 fully saturated rings. The van der Waals surface area contributed by atoms with Crippen molar-refractivity contribution in [1.82, 2.24) is 10.6 Å². The number of para-hydroxylation sites is 1. The summed E-state index contributed by atoms with van der Waals surface area (Å²) < 4.78 is 6.86. The van der Waals surface area contributed by atoms with Gasteiger partial charge in [0, 0.05) is 27.3 Å². The quantitative estimate of drug-likeness (QED) is 0.156. The Hall–Kier alpha value is -7.01. The van der Waals surface area contributed by atoms with Crippen LogP contribution in [0, 0.1) is 0 Å². The first-order chi connectivity index (χ1) is 27.3. The summed E-state index contributed by atoms with van der Waals surface area (Å²) in [5.41, 5.74) is 9.94. The van der Waals surface area contributed by atoms with Crippen LogP contribution in [0.1, 0.15) is 29.0 Å². The Morgan fingerprint density at radius 2 is 1.00 bits per heavy atom. The summed E-state index contributed by atoms with van der Waals surface area (Å²) in [5.74, 6) is 0.985. The maximum atomic E-state index is 6.86. The zero-order valence-corrected chi connectivity index (χ0v) is 30.0. The van der Waals surface area contributed by atoms with Crippen molar-refractivity contribution in [2.75, 3.05) is 0 Å². The number of benzene rings is 9. The van der Waals surface area contributed by atoms with Crippen LogP contribution in [0.25, 0.3) is 76.5 Å². The van der Waals surface area contributed by atoms with E-state index in [-0.39, 0.29) is 12.3 Å². The van der Waals surface area contributed by atoms with Crippen LogP contribution < -0.4 is 15.6 Å². The number of nitrogens with one attached hydrogen (secondary N) is 3. The average molecular weight is 707 g/mol. The van der Waals surface area contributed by atoms with E-state index in [2.05, 4.69) is 204 Å². The van der Waals surface area contributed by atoms with Gasteiger partial charge in [0.1, 0.15) is 11.2 Å². The molecule has 0 bridgehead atoms. The Kier molecular flexibility index (Phi) is 7.35. The lowest BCUT2D eigenvalue weighted by atomic mass is 9.89. The second-order valence-corrected chi connectivity index (χ2v) is 14.4. The smallest absolute Gasteiger partial charge is 0.278 e. The molecule has 260 valence electrons. The minimum atomic E-state index is -0.169. The summed E-state index contributed by atoms with van der Waals surface area (Å²) in [7, 11) is 0. The summed E-state index contributed by atoms with van der Waals surface area (Å²) in [4.78, 5) is 3.81. The molecule has 9 aromatic carbocycles. The summed E-state index contributed by atoms with van der Waals surface area (Å²) in [6, 6.07) is 67.2. The van der Waals surface area contributed by atoms with Gasteiger partial charge in [0.25, 0.3) is 5.84 Å². The third-order valence-electron chi connectivity index (χ3n) is 11.2. The van der Waals surface area contributed by atoms with Gasteiger partial charge < -0.3 is 4.42 Å². The number of amidine groups is 1. The number of furan rings is 1. The first-order valence-corrected chi connectivity index (χ1v) is 18.9. The van der Waals surface area contributed by atoms with Gasteiger partial charge in [-0.15, -0.1) is 0 Å². The lowest BCUT2D eigenvalue weighted by Crippen LogP contribution is -2.85. The van der Waals surface area contributed by atoms with E-state index in [1.54, 1.807) is 0 Å². The second kappa shape index (κ2) is 12.8. The third kappa shape index (κ3) is 5.30. The molecule has 2 unspecified atom stereocenters. The minimum Gasteiger partial charge on any atom is -0.455 e. The van der Waals surface area contributed by atoms with Crippen LogP contribution in [0.2, 0.25) is 0 Å². The number of hydrogen-bond donors (Lipinski definition) is 3. The Bertz CT molecular complexity index is 3090. The van der Waals surface area contributed by atoms with E-state index in [0.717, 1.165) is 61.0 Å². The highest BCUT2D eigenvalue weighted by molar-refractivity contribution is 6.34. The lowest BCUT2D eigenvalue weighted by Gasteiger charge is -2.27. The topological polar surface area (TPSA) is 51.2 Å². The van der Waals surface area contributed by atoms with Crippen LogP contribution in [0.15, 0.2) is 192 Å². The van der Waals surface area contributed by atoms with Crippen molar-refractivity contribution >= 4 is 60.1 Å². The van der Waals surface area contributed by atoms with E-state index in [1.807, 2.05) is 0 Å². The monoisotopic (exact) mass is 706 g/mol. The Balaban J connectivity index is 1.08. The van der Waals surface area contributed by atoms with E-state index in [4.69, 9.17) is 4.42 Å². The first kappa shape index (κ1) is 31.5. The fourth-order valence-corrected chi connectivity index (χ4v) is 8.59. The molecule has 1 aromatic heterocycles. The zero-order valence-electron chi connectivity index (χ0n) is 30.0. The van der Waals surface area contributed by atoms with E-state index < -0.39 is 0 Å². The van der Waals surface area contributed by atoms with Gasteiger partial charge in [-0.3, -0.25) is 10.3 Å². The highest BCUT2D eigenvalue weighted by Gasteiger charge is 2.31. The highest BCUT2D eigenvalue weighted by Crippen LogP contribution is 2.46. The van der Waals surface area contributed by atoms with Gasteiger partial charge in [0.2, 0.25) is 0 Å². The molecule has 1 aliphatic rings. The molecular formula is C51H36N3O+. The molecular weight excluding hydrogens is 671 g/mol. The van der Waals surface area contributed by atoms with Crippen LogP contribution in [-0.2, 0) is 0 Å². The van der Waals surface area contributed by atoms with Gasteiger partial charge in [0.15, 0.2) is 12.3 Å². The zero-order chi connectivity index (χ0) is 36.3. The maximum Gasteiger partial charge on any atom is 0.278 e. The van der Waals surface area contributed by atoms with Crippen LogP contribution in [0.4, 0.5) is 0 Å². The molecule has 1 aliphatic heterocycles. The summed E-state index contributed by atoms with van der Waals surface area (Å²) in [5, 5.41) is 17.2. The van der Waals surface area contributed by atoms with Crippen molar-refractivity contribution in [2.45, 2.75) is 12.3 Å². The Labute approximate surface area is 318 Å². The third-order valence-corrected chi connectivity index (χ3v) is 11.2. The van der Waals surface area contributed by atoms with Gasteiger partial charge in [-0.2, -0.15) is 0 Å². The normalized spacial score (nSPS) is 15.8. The molecule has 4 nitrogen and oxygen atoms in total. The number of fused-ring (bicyclic) bond motifs is 10. The van der Waals surface area contributed by atoms with Crippen molar-refractivity contribution < 1.29 is 9.41 Å². The fourth-order valence-electron chi connectivity index (χ4n) is 8.59. The summed E-state index contributed by atoms with van der Waals surface area (Å²) >= 11 is 0. The van der Waals surface area contributed by atoms with E-state index in [1.165, 1.54) is 38.1 Å². The van der Waals surface area contributed by atoms with Gasteiger partial charge in [-0.05, 0) is 79.5 Å². The van der Waals surface area contributed by atoms with Crippen molar-refractivity contribution in [3.63, 3.8) is 0 Å². The van der Waals surface area contributed by atoms with Gasteiger partial charge in [-0.1, -0.05) is 158 Å². The lowest BCUT2D eigenvalue weighted by molar-refractivity contribution is -0.527. The number of hydrogen-bond acceptors (Lipinski definition) is 3. The second-order valence-electron chi connectivity index (χ2n) is 14.4. The average Bonchev–Trinajstić information content (AvgIpc) is 3.66. The molecule has 4 heteroatoms. The van der Waals surface area contributed by atoms with Gasteiger partial charge in [-0.25, -0.2) is 5.32 Å². The number of rotatable bonds is 5. The molecule has 2 atom stereocenters. The van der Waals surface area contributed by atoms with Crippen LogP contribution in [0.5, 0.6) is 0 Å². The van der Waals surface area contributed by atoms with E-state index in [0.29, 0.717) is 0 Å². The predicted molar refractivity (Wildman–Crippen MR) is 227 cm³/mol. The molecule has 55 heavy (non-hydrogen) atoms. The van der Waals surface area contributed by atoms with E-state index in [9.17, 15) is 0 Å². The predicted octanol–water partition coefficient (Wildman–Crippen LogP) is 10.8. The largest absolute Gasteiger partial charge is 0.455 e. The summed E-state index contributed by atoms with van der Waals surface area (Å²) in [6.07, 6.45) is -0.295. The van der Waals surface area contributed by atoms with Gasteiger partial charge >= 0.3 is 0 Å². The van der Waals surface area contributed by atoms with Crippen molar-refractivity contribution in [2.24, 2.45) is 0 Å². The SMILES string of the molecule is c1ccc(C2=[NH+]C(c3cccc(-c4cc5c6ccccc6c6ccccc6c5c5oc6ccccc6c45)c3)NC(c3ccc(-c4ccccc4)cc3)N2)cc1.